The summed E-state index contributed by atoms with van der Waals surface area (Å²) >= 11 is 0. The van der Waals surface area contributed by atoms with Gasteiger partial charge in [-0.1, -0.05) is 0 Å². The summed E-state index contributed by atoms with van der Waals surface area (Å²) in [5, 5.41) is 0. The maximum Gasteiger partial charge on any atom is 0.230 e. The van der Waals surface area contributed by atoms with Gasteiger partial charge in [-0.05, 0) is 19.1 Å². The summed E-state index contributed by atoms with van der Waals surface area (Å²) in [6, 6.07) is 3.69. The zero-order chi connectivity index (χ0) is 17.9. The summed E-state index contributed by atoms with van der Waals surface area (Å²) in [6.07, 6.45) is 0. The van der Waals surface area contributed by atoms with Crippen LogP contribution in [0.2, 0.25) is 0 Å². The van der Waals surface area contributed by atoms with Crippen molar-refractivity contribution in [1.82, 2.24) is 19.9 Å². The second kappa shape index (κ2) is 7.38. The van der Waals surface area contributed by atoms with Crippen LogP contribution >= 0.6 is 0 Å². The van der Waals surface area contributed by atoms with E-state index in [0.717, 1.165) is 37.4 Å². The standard InChI is InChI=1S/C17H23N7O2/c1-12-13(2-3-14(18)19-12)15-20-16(23-4-8-25-9-5-23)22-17(21-15)24-6-10-26-11-7-24/h2-3H,4-11H2,1H3,(H2,18,19). The number of morpholine rings is 2. The molecule has 0 aromatic carbocycles. The van der Waals surface area contributed by atoms with Crippen LogP contribution in [0.1, 0.15) is 5.69 Å². The van der Waals surface area contributed by atoms with Crippen LogP contribution in [0.3, 0.4) is 0 Å². The van der Waals surface area contributed by atoms with Gasteiger partial charge in [0.2, 0.25) is 11.9 Å². The van der Waals surface area contributed by atoms with Crippen LogP contribution in [0.5, 0.6) is 0 Å². The Morgan fingerprint density at radius 3 is 1.85 bits per heavy atom. The Labute approximate surface area is 152 Å². The van der Waals surface area contributed by atoms with Gasteiger partial charge >= 0.3 is 0 Å². The molecule has 2 aliphatic heterocycles. The van der Waals surface area contributed by atoms with Gasteiger partial charge in [-0.3, -0.25) is 0 Å². The molecule has 0 radical (unpaired) electrons. The predicted octanol–water partition coefficient (Wildman–Crippen LogP) is 0.497. The van der Waals surface area contributed by atoms with E-state index in [-0.39, 0.29) is 0 Å². The van der Waals surface area contributed by atoms with Crippen LogP contribution in [0.15, 0.2) is 12.1 Å². The monoisotopic (exact) mass is 357 g/mol. The number of rotatable bonds is 3. The molecule has 0 saturated carbocycles. The second-order valence-electron chi connectivity index (χ2n) is 6.33. The molecule has 9 nitrogen and oxygen atoms in total. The molecule has 0 bridgehead atoms. The van der Waals surface area contributed by atoms with E-state index in [0.29, 0.717) is 50.0 Å². The zero-order valence-corrected chi connectivity index (χ0v) is 14.9. The average Bonchev–Trinajstić information content (AvgIpc) is 2.69. The lowest BCUT2D eigenvalue weighted by Gasteiger charge is -2.30. The molecule has 0 spiro atoms. The molecule has 2 aromatic heterocycles. The quantitative estimate of drug-likeness (QED) is 0.841. The fourth-order valence-electron chi connectivity index (χ4n) is 3.10. The van der Waals surface area contributed by atoms with E-state index in [1.807, 2.05) is 13.0 Å². The Bertz CT molecular complexity index is 737. The molecular formula is C17H23N7O2. The number of hydrogen-bond acceptors (Lipinski definition) is 9. The normalized spacial score (nSPS) is 18.2. The number of hydrogen-bond donors (Lipinski definition) is 1. The summed E-state index contributed by atoms with van der Waals surface area (Å²) < 4.78 is 10.9. The van der Waals surface area contributed by atoms with Crippen LogP contribution in [0, 0.1) is 6.92 Å². The average molecular weight is 357 g/mol. The van der Waals surface area contributed by atoms with E-state index in [1.165, 1.54) is 0 Å². The van der Waals surface area contributed by atoms with E-state index in [1.54, 1.807) is 6.07 Å². The molecule has 4 heterocycles. The smallest absolute Gasteiger partial charge is 0.230 e. The first kappa shape index (κ1) is 16.9. The highest BCUT2D eigenvalue weighted by atomic mass is 16.5. The highest BCUT2D eigenvalue weighted by molar-refractivity contribution is 5.62. The number of aryl methyl sites for hydroxylation is 1. The van der Waals surface area contributed by atoms with Gasteiger partial charge in [-0.25, -0.2) is 4.98 Å². The van der Waals surface area contributed by atoms with Crippen molar-refractivity contribution >= 4 is 17.7 Å². The number of nitrogens with zero attached hydrogens (tertiary/aromatic N) is 6. The third kappa shape index (κ3) is 3.54. The van der Waals surface area contributed by atoms with Crippen molar-refractivity contribution in [1.29, 1.82) is 0 Å². The van der Waals surface area contributed by atoms with Crippen LogP contribution in [0.25, 0.3) is 11.4 Å². The lowest BCUT2D eigenvalue weighted by Crippen LogP contribution is -2.40. The highest BCUT2D eigenvalue weighted by Crippen LogP contribution is 2.24. The fourth-order valence-corrected chi connectivity index (χ4v) is 3.10. The van der Waals surface area contributed by atoms with Gasteiger partial charge in [0.1, 0.15) is 5.82 Å². The number of aromatic nitrogens is 4. The maximum atomic E-state index is 5.79. The van der Waals surface area contributed by atoms with Gasteiger partial charge in [-0.2, -0.15) is 15.0 Å². The molecular weight excluding hydrogens is 334 g/mol. The molecule has 2 aromatic rings. The fraction of sp³-hybridized carbons (Fsp3) is 0.529. The van der Waals surface area contributed by atoms with Crippen molar-refractivity contribution in [3.8, 4) is 11.4 Å². The third-order valence-electron chi connectivity index (χ3n) is 4.55. The number of pyridine rings is 1. The largest absolute Gasteiger partial charge is 0.384 e. The van der Waals surface area contributed by atoms with E-state index in [9.17, 15) is 0 Å². The number of nitrogen functional groups attached to an aromatic ring is 1. The molecule has 2 saturated heterocycles. The summed E-state index contributed by atoms with van der Waals surface area (Å²) in [7, 11) is 0. The molecule has 0 aliphatic carbocycles. The molecule has 4 rings (SSSR count). The van der Waals surface area contributed by atoms with Crippen LogP contribution in [0.4, 0.5) is 17.7 Å². The van der Waals surface area contributed by atoms with Gasteiger partial charge in [0.05, 0.1) is 32.1 Å². The molecule has 26 heavy (non-hydrogen) atoms. The number of ether oxygens (including phenoxy) is 2. The van der Waals surface area contributed by atoms with E-state index in [4.69, 9.17) is 30.2 Å². The maximum absolute atomic E-state index is 5.79. The summed E-state index contributed by atoms with van der Waals surface area (Å²) in [5.41, 5.74) is 7.46. The van der Waals surface area contributed by atoms with Crippen LogP contribution in [-0.2, 0) is 9.47 Å². The van der Waals surface area contributed by atoms with E-state index in [2.05, 4.69) is 14.8 Å². The Balaban J connectivity index is 1.76. The number of nitrogens with two attached hydrogens (primary N) is 1. The van der Waals surface area contributed by atoms with E-state index < -0.39 is 0 Å². The molecule has 2 aliphatic rings. The minimum absolute atomic E-state index is 0.488. The molecule has 9 heteroatoms. The predicted molar refractivity (Wildman–Crippen MR) is 98.3 cm³/mol. The van der Waals surface area contributed by atoms with Crippen LogP contribution in [-0.4, -0.2) is 72.5 Å². The zero-order valence-electron chi connectivity index (χ0n) is 14.9. The first-order valence-corrected chi connectivity index (χ1v) is 8.86. The first-order valence-electron chi connectivity index (χ1n) is 8.86. The molecule has 138 valence electrons. The summed E-state index contributed by atoms with van der Waals surface area (Å²) in [4.78, 5) is 22.8. The Morgan fingerprint density at radius 1 is 0.808 bits per heavy atom. The van der Waals surface area contributed by atoms with Crippen molar-refractivity contribution in [2.45, 2.75) is 6.92 Å². The SMILES string of the molecule is Cc1nc(N)ccc1-c1nc(N2CCOCC2)nc(N2CCOCC2)n1. The molecule has 2 fully saturated rings. The van der Waals surface area contributed by atoms with Crippen LogP contribution < -0.4 is 15.5 Å². The molecule has 2 N–H and O–H groups in total. The Kier molecular flexibility index (Phi) is 4.81. The molecule has 0 atom stereocenters. The van der Waals surface area contributed by atoms with Gasteiger partial charge in [-0.15, -0.1) is 0 Å². The van der Waals surface area contributed by atoms with Gasteiger partial charge in [0.15, 0.2) is 5.82 Å². The van der Waals surface area contributed by atoms with Crippen molar-refractivity contribution < 1.29 is 9.47 Å². The van der Waals surface area contributed by atoms with Crippen molar-refractivity contribution in [2.24, 2.45) is 0 Å². The van der Waals surface area contributed by atoms with Gasteiger partial charge in [0.25, 0.3) is 0 Å². The first-order chi connectivity index (χ1) is 12.7. The lowest BCUT2D eigenvalue weighted by molar-refractivity contribution is 0.121. The number of anilines is 3. The van der Waals surface area contributed by atoms with Gasteiger partial charge < -0.3 is 25.0 Å². The molecule has 0 amide bonds. The minimum atomic E-state index is 0.488. The minimum Gasteiger partial charge on any atom is -0.384 e. The van der Waals surface area contributed by atoms with Gasteiger partial charge in [0, 0.05) is 31.7 Å². The van der Waals surface area contributed by atoms with E-state index >= 15 is 0 Å². The van der Waals surface area contributed by atoms with Crippen molar-refractivity contribution in [2.75, 3.05) is 68.1 Å². The Morgan fingerprint density at radius 2 is 1.35 bits per heavy atom. The third-order valence-corrected chi connectivity index (χ3v) is 4.55. The Hall–Kier alpha value is -2.52. The lowest BCUT2D eigenvalue weighted by atomic mass is 10.2. The topological polar surface area (TPSA) is 103 Å². The molecule has 0 unspecified atom stereocenters. The summed E-state index contributed by atoms with van der Waals surface area (Å²) in [6.45, 7) is 7.70. The van der Waals surface area contributed by atoms with Crippen molar-refractivity contribution in [3.63, 3.8) is 0 Å². The van der Waals surface area contributed by atoms with Crippen molar-refractivity contribution in [3.05, 3.63) is 17.8 Å². The second-order valence-corrected chi connectivity index (χ2v) is 6.33. The highest BCUT2D eigenvalue weighted by Gasteiger charge is 2.21. The summed E-state index contributed by atoms with van der Waals surface area (Å²) in [5.74, 6) is 2.46.